The van der Waals surface area contributed by atoms with Gasteiger partial charge in [-0.25, -0.2) is 0 Å². The molecule has 15 heavy (non-hydrogen) atoms. The highest BCUT2D eigenvalue weighted by molar-refractivity contribution is 5.29. The largest absolute Gasteiger partial charge is 0.370 e. The van der Waals surface area contributed by atoms with E-state index >= 15 is 0 Å². The average Bonchev–Trinajstić information content (AvgIpc) is 2.37. The second-order valence-electron chi connectivity index (χ2n) is 4.42. The van der Waals surface area contributed by atoms with Crippen molar-refractivity contribution in [1.29, 1.82) is 0 Å². The molecule has 0 aromatic rings. The first kappa shape index (κ1) is 12.3. The third-order valence-electron chi connectivity index (χ3n) is 3.03. The second-order valence-corrected chi connectivity index (χ2v) is 4.42. The van der Waals surface area contributed by atoms with Gasteiger partial charge in [-0.05, 0) is 44.7 Å². The van der Waals surface area contributed by atoms with E-state index in [-0.39, 0.29) is 0 Å². The minimum absolute atomic E-state index is 0.380. The van der Waals surface area contributed by atoms with E-state index in [1.54, 1.807) is 0 Å². The Morgan fingerprint density at radius 1 is 1.53 bits per heavy atom. The number of hydrogen-bond donors (Lipinski definition) is 2. The summed E-state index contributed by atoms with van der Waals surface area (Å²) in [6.45, 7) is 6.67. The molecule has 0 radical (unpaired) electrons. The molecule has 2 heteroatoms. The van der Waals surface area contributed by atoms with Crippen molar-refractivity contribution in [3.8, 4) is 0 Å². The molecule has 0 aliphatic heterocycles. The SMILES string of the molecule is CCC(NC)NC1=C[C@@H](C)CCC=C1C. The Hall–Kier alpha value is -0.760. The second kappa shape index (κ2) is 5.96. The fraction of sp³-hybridized carbons (Fsp3) is 0.692. The zero-order valence-corrected chi connectivity index (χ0v) is 10.4. The third-order valence-corrected chi connectivity index (χ3v) is 3.03. The van der Waals surface area contributed by atoms with Crippen LogP contribution in [0.5, 0.6) is 0 Å². The van der Waals surface area contributed by atoms with Gasteiger partial charge in [-0.2, -0.15) is 0 Å². The molecule has 86 valence electrons. The molecule has 2 atom stereocenters. The highest BCUT2D eigenvalue weighted by Gasteiger charge is 2.10. The Labute approximate surface area is 93.8 Å². The fourth-order valence-electron chi connectivity index (χ4n) is 1.90. The summed E-state index contributed by atoms with van der Waals surface area (Å²) >= 11 is 0. The molecule has 1 aliphatic rings. The maximum absolute atomic E-state index is 3.56. The maximum atomic E-state index is 3.56. The van der Waals surface area contributed by atoms with Crippen LogP contribution in [0.1, 0.15) is 40.0 Å². The minimum atomic E-state index is 0.380. The molecule has 0 spiro atoms. The van der Waals surface area contributed by atoms with E-state index in [0.717, 1.165) is 6.42 Å². The Kier molecular flexibility index (Phi) is 4.89. The maximum Gasteiger partial charge on any atom is 0.0763 e. The molecule has 0 saturated heterocycles. The zero-order valence-electron chi connectivity index (χ0n) is 10.4. The topological polar surface area (TPSA) is 24.1 Å². The molecule has 1 aliphatic carbocycles. The highest BCUT2D eigenvalue weighted by Crippen LogP contribution is 2.20. The molecule has 0 saturated carbocycles. The lowest BCUT2D eigenvalue weighted by Crippen LogP contribution is -2.39. The summed E-state index contributed by atoms with van der Waals surface area (Å²) in [7, 11) is 2.00. The van der Waals surface area contributed by atoms with E-state index < -0.39 is 0 Å². The normalized spacial score (nSPS) is 23.9. The van der Waals surface area contributed by atoms with Gasteiger partial charge in [-0.1, -0.05) is 26.0 Å². The molecule has 2 nitrogen and oxygen atoms in total. The van der Waals surface area contributed by atoms with Crippen molar-refractivity contribution in [2.75, 3.05) is 7.05 Å². The molecule has 1 unspecified atom stereocenters. The summed E-state index contributed by atoms with van der Waals surface area (Å²) in [6, 6.07) is 0. The number of rotatable bonds is 4. The van der Waals surface area contributed by atoms with Crippen molar-refractivity contribution in [3.63, 3.8) is 0 Å². The first-order valence-corrected chi connectivity index (χ1v) is 6.00. The molecular weight excluding hydrogens is 184 g/mol. The van der Waals surface area contributed by atoms with E-state index in [1.165, 1.54) is 24.1 Å². The van der Waals surface area contributed by atoms with Gasteiger partial charge >= 0.3 is 0 Å². The van der Waals surface area contributed by atoms with Gasteiger partial charge in [0.1, 0.15) is 0 Å². The van der Waals surface area contributed by atoms with Crippen molar-refractivity contribution in [1.82, 2.24) is 10.6 Å². The van der Waals surface area contributed by atoms with Crippen LogP contribution in [0.25, 0.3) is 0 Å². The highest BCUT2D eigenvalue weighted by atomic mass is 15.1. The predicted molar refractivity (Wildman–Crippen MR) is 66.5 cm³/mol. The van der Waals surface area contributed by atoms with Crippen LogP contribution in [0.2, 0.25) is 0 Å². The number of hydrogen-bond acceptors (Lipinski definition) is 2. The molecule has 0 bridgehead atoms. The summed E-state index contributed by atoms with van der Waals surface area (Å²) in [6.07, 6.45) is 8.63. The quantitative estimate of drug-likeness (QED) is 0.694. The summed E-state index contributed by atoms with van der Waals surface area (Å²) in [5.74, 6) is 0.676. The van der Waals surface area contributed by atoms with Gasteiger partial charge in [0, 0.05) is 5.70 Å². The van der Waals surface area contributed by atoms with Gasteiger partial charge in [0.25, 0.3) is 0 Å². The fourth-order valence-corrected chi connectivity index (χ4v) is 1.90. The van der Waals surface area contributed by atoms with Crippen molar-refractivity contribution in [3.05, 3.63) is 23.4 Å². The van der Waals surface area contributed by atoms with Gasteiger partial charge in [0.05, 0.1) is 6.17 Å². The molecule has 2 N–H and O–H groups in total. The van der Waals surface area contributed by atoms with E-state index in [9.17, 15) is 0 Å². The van der Waals surface area contributed by atoms with Crippen LogP contribution in [0.4, 0.5) is 0 Å². The van der Waals surface area contributed by atoms with Crippen LogP contribution in [-0.4, -0.2) is 13.2 Å². The van der Waals surface area contributed by atoms with E-state index in [2.05, 4.69) is 43.6 Å². The molecule has 0 aromatic carbocycles. The van der Waals surface area contributed by atoms with Gasteiger partial charge in [0.2, 0.25) is 0 Å². The number of nitrogens with one attached hydrogen (secondary N) is 2. The Balaban J connectivity index is 2.71. The molecule has 0 heterocycles. The Morgan fingerprint density at radius 3 is 2.87 bits per heavy atom. The Bertz CT molecular complexity index is 249. The van der Waals surface area contributed by atoms with Crippen LogP contribution >= 0.6 is 0 Å². The molecule has 0 aromatic heterocycles. The van der Waals surface area contributed by atoms with Crippen molar-refractivity contribution < 1.29 is 0 Å². The average molecular weight is 208 g/mol. The third kappa shape index (κ3) is 3.71. The smallest absolute Gasteiger partial charge is 0.0763 e. The zero-order chi connectivity index (χ0) is 11.3. The lowest BCUT2D eigenvalue weighted by atomic mass is 10.1. The van der Waals surface area contributed by atoms with E-state index in [1.807, 2.05) is 7.05 Å². The molecular formula is C13H24N2. The van der Waals surface area contributed by atoms with Gasteiger partial charge in [0.15, 0.2) is 0 Å². The van der Waals surface area contributed by atoms with Crippen molar-refractivity contribution in [2.24, 2.45) is 5.92 Å². The summed E-state index contributed by atoms with van der Waals surface area (Å²) in [4.78, 5) is 0. The number of allylic oxidation sites excluding steroid dienone is 3. The van der Waals surface area contributed by atoms with Crippen molar-refractivity contribution in [2.45, 2.75) is 46.2 Å². The lowest BCUT2D eigenvalue weighted by molar-refractivity contribution is 0.484. The van der Waals surface area contributed by atoms with E-state index in [4.69, 9.17) is 0 Å². The van der Waals surface area contributed by atoms with Gasteiger partial charge in [-0.15, -0.1) is 0 Å². The van der Waals surface area contributed by atoms with Crippen LogP contribution in [0, 0.1) is 5.92 Å². The molecule has 1 rings (SSSR count). The van der Waals surface area contributed by atoms with Gasteiger partial charge in [-0.3, -0.25) is 0 Å². The summed E-state index contributed by atoms with van der Waals surface area (Å²) < 4.78 is 0. The summed E-state index contributed by atoms with van der Waals surface area (Å²) in [5.41, 5.74) is 2.69. The van der Waals surface area contributed by atoms with Crippen molar-refractivity contribution >= 4 is 0 Å². The minimum Gasteiger partial charge on any atom is -0.370 e. The van der Waals surface area contributed by atoms with Crippen LogP contribution in [0.3, 0.4) is 0 Å². The standard InChI is InChI=1S/C13H24N2/c1-5-13(14-4)15-12-9-10(2)7-6-8-11(12)3/h8-10,13-15H,5-7H2,1-4H3/t10-,13?/m0/s1. The van der Waals surface area contributed by atoms with E-state index in [0.29, 0.717) is 12.1 Å². The monoisotopic (exact) mass is 208 g/mol. The first-order valence-electron chi connectivity index (χ1n) is 6.00. The van der Waals surface area contributed by atoms with Crippen LogP contribution < -0.4 is 10.6 Å². The lowest BCUT2D eigenvalue weighted by Gasteiger charge is -2.20. The van der Waals surface area contributed by atoms with Gasteiger partial charge < -0.3 is 10.6 Å². The van der Waals surface area contributed by atoms with Crippen LogP contribution in [0.15, 0.2) is 23.4 Å². The van der Waals surface area contributed by atoms with Crippen LogP contribution in [-0.2, 0) is 0 Å². The first-order chi connectivity index (χ1) is 7.17. The molecule has 0 amide bonds. The predicted octanol–water partition coefficient (Wildman–Crippen LogP) is 2.79. The molecule has 0 fully saturated rings. The Morgan fingerprint density at radius 2 is 2.27 bits per heavy atom. The summed E-state index contributed by atoms with van der Waals surface area (Å²) in [5, 5.41) is 6.83.